The normalized spacial score (nSPS) is 10.4. The van der Waals surface area contributed by atoms with Crippen LogP contribution < -0.4 is 10.5 Å². The summed E-state index contributed by atoms with van der Waals surface area (Å²) >= 11 is 0. The summed E-state index contributed by atoms with van der Waals surface area (Å²) < 4.78 is 6.14. The van der Waals surface area contributed by atoms with Gasteiger partial charge in [0.15, 0.2) is 0 Å². The first-order chi connectivity index (χ1) is 14.8. The van der Waals surface area contributed by atoms with Crippen LogP contribution in [0.4, 0.5) is 0 Å². The third-order valence-electron chi connectivity index (χ3n) is 4.59. The van der Waals surface area contributed by atoms with Crippen molar-refractivity contribution in [3.8, 4) is 40.1 Å². The lowest BCUT2D eigenvalue weighted by molar-refractivity contribution is 0.480. The van der Waals surface area contributed by atoms with Crippen LogP contribution in [0.2, 0.25) is 0 Å². The number of hydrogen-bond donors (Lipinski definition) is 1. The van der Waals surface area contributed by atoms with Crippen LogP contribution in [0.1, 0.15) is 11.1 Å². The highest BCUT2D eigenvalue weighted by Gasteiger charge is 2.11. The van der Waals surface area contributed by atoms with Gasteiger partial charge in [0.2, 0.25) is 0 Å². The Hall–Kier alpha value is -4.08. The fourth-order valence-electron chi connectivity index (χ4n) is 3.10. The van der Waals surface area contributed by atoms with E-state index in [0.717, 1.165) is 17.5 Å². The molecule has 30 heavy (non-hydrogen) atoms. The van der Waals surface area contributed by atoms with Crippen molar-refractivity contribution in [2.24, 2.45) is 5.73 Å². The average Bonchev–Trinajstić information content (AvgIpc) is 2.81. The van der Waals surface area contributed by atoms with E-state index in [-0.39, 0.29) is 0 Å². The molecule has 0 amide bonds. The molecule has 146 valence electrons. The molecule has 4 aromatic rings. The summed E-state index contributed by atoms with van der Waals surface area (Å²) in [5, 5.41) is 17.5. The molecular formula is C24H19N5O. The van der Waals surface area contributed by atoms with E-state index in [9.17, 15) is 5.26 Å². The Labute approximate surface area is 174 Å². The summed E-state index contributed by atoms with van der Waals surface area (Å²) in [6.45, 7) is 0.609. The van der Waals surface area contributed by atoms with Crippen molar-refractivity contribution in [1.29, 1.82) is 5.26 Å². The van der Waals surface area contributed by atoms with Crippen molar-refractivity contribution in [3.63, 3.8) is 0 Å². The SMILES string of the molecule is N#Cc1ccc(-c2ccc(CCN)cc2)c(Oc2cnnc(-c3ccccn3)c2)c1. The van der Waals surface area contributed by atoms with Gasteiger partial charge in [0.05, 0.1) is 23.5 Å². The number of nitriles is 1. The van der Waals surface area contributed by atoms with Crippen LogP contribution in [0.5, 0.6) is 11.5 Å². The van der Waals surface area contributed by atoms with Crippen LogP contribution in [0, 0.1) is 11.3 Å². The Morgan fingerprint density at radius 3 is 2.57 bits per heavy atom. The molecule has 2 N–H and O–H groups in total. The Morgan fingerprint density at radius 1 is 0.967 bits per heavy atom. The Balaban J connectivity index is 1.69. The zero-order chi connectivity index (χ0) is 20.8. The minimum atomic E-state index is 0.514. The van der Waals surface area contributed by atoms with Gasteiger partial charge in [-0.2, -0.15) is 10.4 Å². The molecule has 0 fully saturated rings. The van der Waals surface area contributed by atoms with Gasteiger partial charge in [0, 0.05) is 17.8 Å². The minimum absolute atomic E-state index is 0.514. The molecule has 0 bridgehead atoms. The van der Waals surface area contributed by atoms with Gasteiger partial charge in [-0.3, -0.25) is 4.98 Å². The number of hydrogen-bond acceptors (Lipinski definition) is 6. The molecule has 0 atom stereocenters. The van der Waals surface area contributed by atoms with Crippen LogP contribution in [0.3, 0.4) is 0 Å². The molecule has 0 aliphatic rings. The fraction of sp³-hybridized carbons (Fsp3) is 0.0833. The maximum atomic E-state index is 9.33. The van der Waals surface area contributed by atoms with Crippen LogP contribution in [0.15, 0.2) is 79.1 Å². The zero-order valence-electron chi connectivity index (χ0n) is 16.2. The fourth-order valence-corrected chi connectivity index (χ4v) is 3.10. The second-order valence-corrected chi connectivity index (χ2v) is 6.65. The molecule has 2 aromatic carbocycles. The molecule has 0 aliphatic carbocycles. The Bertz CT molecular complexity index is 1180. The third-order valence-corrected chi connectivity index (χ3v) is 4.59. The lowest BCUT2D eigenvalue weighted by atomic mass is 10.0. The maximum Gasteiger partial charge on any atom is 0.149 e. The summed E-state index contributed by atoms with van der Waals surface area (Å²) in [5.41, 5.74) is 10.5. The number of ether oxygens (including phenoxy) is 1. The van der Waals surface area contributed by atoms with E-state index in [1.165, 1.54) is 5.56 Å². The van der Waals surface area contributed by atoms with Crippen molar-refractivity contribution in [2.45, 2.75) is 6.42 Å². The van der Waals surface area contributed by atoms with Gasteiger partial charge in [-0.15, -0.1) is 5.10 Å². The highest BCUT2D eigenvalue weighted by atomic mass is 16.5. The van der Waals surface area contributed by atoms with E-state index in [1.807, 2.05) is 36.4 Å². The molecule has 0 saturated carbocycles. The number of pyridine rings is 1. The van der Waals surface area contributed by atoms with Crippen molar-refractivity contribution in [2.75, 3.05) is 6.54 Å². The highest BCUT2D eigenvalue weighted by Crippen LogP contribution is 2.35. The predicted molar refractivity (Wildman–Crippen MR) is 115 cm³/mol. The molecule has 6 heteroatoms. The van der Waals surface area contributed by atoms with Crippen LogP contribution in [-0.2, 0) is 6.42 Å². The van der Waals surface area contributed by atoms with Gasteiger partial charge >= 0.3 is 0 Å². The number of rotatable bonds is 6. The van der Waals surface area contributed by atoms with Gasteiger partial charge in [0.25, 0.3) is 0 Å². The summed E-state index contributed by atoms with van der Waals surface area (Å²) in [6, 6.07) is 23.1. The second kappa shape index (κ2) is 8.95. The first-order valence-electron chi connectivity index (χ1n) is 9.52. The minimum Gasteiger partial charge on any atom is -0.455 e. The Kier molecular flexibility index (Phi) is 5.74. The van der Waals surface area contributed by atoms with Gasteiger partial charge in [-0.25, -0.2) is 0 Å². The van der Waals surface area contributed by atoms with Gasteiger partial charge in [-0.1, -0.05) is 30.3 Å². The lowest BCUT2D eigenvalue weighted by Gasteiger charge is -2.13. The molecule has 0 unspecified atom stereocenters. The first kappa shape index (κ1) is 19.2. The monoisotopic (exact) mass is 393 g/mol. The maximum absolute atomic E-state index is 9.33. The predicted octanol–water partition coefficient (Wildman–Crippen LogP) is 4.37. The van der Waals surface area contributed by atoms with E-state index in [4.69, 9.17) is 10.5 Å². The van der Waals surface area contributed by atoms with Gasteiger partial charge < -0.3 is 10.5 Å². The average molecular weight is 393 g/mol. The topological polar surface area (TPSA) is 97.7 Å². The molecule has 4 rings (SSSR count). The Morgan fingerprint density at radius 2 is 1.83 bits per heavy atom. The molecule has 0 saturated heterocycles. The van der Waals surface area contributed by atoms with E-state index >= 15 is 0 Å². The molecular weight excluding hydrogens is 374 g/mol. The number of benzene rings is 2. The molecule has 6 nitrogen and oxygen atoms in total. The van der Waals surface area contributed by atoms with E-state index < -0.39 is 0 Å². The summed E-state index contributed by atoms with van der Waals surface area (Å²) in [7, 11) is 0. The van der Waals surface area contributed by atoms with E-state index in [0.29, 0.717) is 35.0 Å². The highest BCUT2D eigenvalue weighted by molar-refractivity contribution is 5.72. The molecule has 2 heterocycles. The lowest BCUT2D eigenvalue weighted by Crippen LogP contribution is -2.02. The van der Waals surface area contributed by atoms with Crippen molar-refractivity contribution in [3.05, 3.63) is 90.3 Å². The van der Waals surface area contributed by atoms with E-state index in [2.05, 4.69) is 33.4 Å². The third kappa shape index (κ3) is 4.32. The summed E-state index contributed by atoms with van der Waals surface area (Å²) in [5.74, 6) is 1.09. The zero-order valence-corrected chi connectivity index (χ0v) is 16.2. The largest absolute Gasteiger partial charge is 0.455 e. The van der Waals surface area contributed by atoms with Crippen LogP contribution in [0.25, 0.3) is 22.5 Å². The van der Waals surface area contributed by atoms with E-state index in [1.54, 1.807) is 30.6 Å². The molecule has 0 radical (unpaired) electrons. The first-order valence-corrected chi connectivity index (χ1v) is 9.52. The smallest absolute Gasteiger partial charge is 0.149 e. The second-order valence-electron chi connectivity index (χ2n) is 6.65. The summed E-state index contributed by atoms with van der Waals surface area (Å²) in [6.07, 6.45) is 4.07. The van der Waals surface area contributed by atoms with Gasteiger partial charge in [0.1, 0.15) is 17.2 Å². The van der Waals surface area contributed by atoms with Crippen LogP contribution in [-0.4, -0.2) is 21.7 Å². The number of nitrogens with zero attached hydrogens (tertiary/aromatic N) is 4. The standard InChI is InChI=1S/C24H19N5O/c25-11-10-17-4-7-19(8-5-17)21-9-6-18(15-26)13-24(21)30-20-14-23(29-28-16-20)22-3-1-2-12-27-22/h1-9,12-14,16H,10-11,25H2. The van der Waals surface area contributed by atoms with Crippen molar-refractivity contribution < 1.29 is 4.74 Å². The van der Waals surface area contributed by atoms with Gasteiger partial charge in [-0.05, 0) is 54.4 Å². The quantitative estimate of drug-likeness (QED) is 0.522. The van der Waals surface area contributed by atoms with Crippen molar-refractivity contribution in [1.82, 2.24) is 15.2 Å². The molecule has 0 spiro atoms. The van der Waals surface area contributed by atoms with Crippen molar-refractivity contribution >= 4 is 0 Å². The molecule has 0 aliphatic heterocycles. The number of aromatic nitrogens is 3. The molecule has 2 aromatic heterocycles. The van der Waals surface area contributed by atoms with Crippen LogP contribution >= 0.6 is 0 Å². The number of nitrogens with two attached hydrogens (primary N) is 1. The summed E-state index contributed by atoms with van der Waals surface area (Å²) in [4.78, 5) is 4.30.